The Morgan fingerprint density at radius 2 is 0.902 bits per heavy atom. The highest BCUT2D eigenvalue weighted by Gasteiger charge is 2.51. The van der Waals surface area contributed by atoms with Crippen molar-refractivity contribution in [3.63, 3.8) is 0 Å². The number of hydrogen-bond donors (Lipinski definition) is 2. The van der Waals surface area contributed by atoms with Gasteiger partial charge in [-0.2, -0.15) is 0 Å². The van der Waals surface area contributed by atoms with Crippen LogP contribution < -0.4 is 10.6 Å². The summed E-state index contributed by atoms with van der Waals surface area (Å²) in [5.74, 6) is 5.75. The normalized spacial score (nSPS) is 44.1. The van der Waals surface area contributed by atoms with Crippen molar-refractivity contribution in [1.82, 2.24) is 10.6 Å². The molecule has 0 atom stereocenters. The van der Waals surface area contributed by atoms with Crippen LogP contribution in [0.25, 0.3) is 0 Å². The number of rotatable bonds is 8. The quantitative estimate of drug-likeness (QED) is 0.317. The molecule has 8 aliphatic carbocycles. The van der Waals surface area contributed by atoms with Gasteiger partial charge in [-0.25, -0.2) is 0 Å². The molecule has 220 valence electrons. The maximum atomic E-state index is 5.30. The maximum absolute atomic E-state index is 5.30. The molecule has 8 saturated carbocycles. The van der Waals surface area contributed by atoms with Crippen LogP contribution in [0.4, 0.5) is 0 Å². The zero-order chi connectivity index (χ0) is 27.9. The van der Waals surface area contributed by atoms with Crippen LogP contribution in [0.3, 0.4) is 0 Å². The molecule has 0 unspecified atom stereocenters. The Hall–Kier alpha value is -2.10. The third kappa shape index (κ3) is 4.52. The molecule has 10 rings (SSSR count). The van der Waals surface area contributed by atoms with Gasteiger partial charge in [0, 0.05) is 29.9 Å². The third-order valence-electron chi connectivity index (χ3n) is 13.0. The Balaban J connectivity index is 1.01. The fourth-order valence-corrected chi connectivity index (χ4v) is 12.0. The summed E-state index contributed by atoms with van der Waals surface area (Å²) < 4.78 is 0. The van der Waals surface area contributed by atoms with Crippen LogP contribution in [0.15, 0.2) is 56.1 Å². The number of allylic oxidation sites excluding steroid dienone is 4. The van der Waals surface area contributed by atoms with Crippen LogP contribution in [-0.2, 0) is 0 Å². The van der Waals surface area contributed by atoms with Crippen LogP contribution in [0.5, 0.6) is 0 Å². The third-order valence-corrected chi connectivity index (χ3v) is 13.0. The van der Waals surface area contributed by atoms with Crippen LogP contribution in [0.1, 0.15) is 124 Å². The second-order valence-corrected chi connectivity index (χ2v) is 16.0. The van der Waals surface area contributed by atoms with E-state index in [4.69, 9.17) is 9.98 Å². The summed E-state index contributed by atoms with van der Waals surface area (Å²) in [5.41, 5.74) is 11.1. The summed E-state index contributed by atoms with van der Waals surface area (Å²) in [7, 11) is 0. The van der Waals surface area contributed by atoms with Crippen molar-refractivity contribution in [3.05, 3.63) is 46.1 Å². The fraction of sp³-hybridized carbons (Fsp3) is 0.730. The molecular formula is C37H52N4. The lowest BCUT2D eigenvalue weighted by atomic mass is 9.53. The molecule has 0 aromatic carbocycles. The van der Waals surface area contributed by atoms with E-state index >= 15 is 0 Å². The second-order valence-electron chi connectivity index (χ2n) is 16.0. The maximum Gasteiger partial charge on any atom is 0.0822 e. The summed E-state index contributed by atoms with van der Waals surface area (Å²) in [6.45, 7) is 9.18. The lowest BCUT2D eigenvalue weighted by Gasteiger charge is -2.57. The predicted molar refractivity (Wildman–Crippen MR) is 170 cm³/mol. The first-order valence-corrected chi connectivity index (χ1v) is 17.3. The van der Waals surface area contributed by atoms with Crippen molar-refractivity contribution in [2.75, 3.05) is 0 Å². The minimum Gasteiger partial charge on any atom is -0.384 e. The monoisotopic (exact) mass is 552 g/mol. The van der Waals surface area contributed by atoms with Gasteiger partial charge in [0.1, 0.15) is 0 Å². The van der Waals surface area contributed by atoms with Gasteiger partial charge in [0.25, 0.3) is 0 Å². The Morgan fingerprint density at radius 1 is 0.585 bits per heavy atom. The molecule has 2 N–H and O–H groups in total. The molecule has 0 aromatic rings. The first-order valence-electron chi connectivity index (χ1n) is 17.3. The standard InChI is InChI=1S/C37H52N4/c1-5-30-22(3)34(20-38-36-14-24-7-25(15-36)9-26(8-24)16-36)40-32(30)13-33-31(6-2)23(4)35(41-33)21-39-37-17-27-10-28(18-37)12-29(11-27)19-37/h20-21,24-29,38-39H,5-19H2,1-4H3/b34-20+,35-21+. The van der Waals surface area contributed by atoms with Gasteiger partial charge < -0.3 is 10.6 Å². The molecule has 4 nitrogen and oxygen atoms in total. The number of nitrogens with one attached hydrogen (secondary N) is 2. The van der Waals surface area contributed by atoms with Gasteiger partial charge in [0.05, 0.1) is 22.8 Å². The zero-order valence-corrected chi connectivity index (χ0v) is 26.1. The van der Waals surface area contributed by atoms with E-state index in [9.17, 15) is 0 Å². The number of aliphatic imine (C=N–C) groups is 2. The molecule has 10 aliphatic rings. The fourth-order valence-electron chi connectivity index (χ4n) is 12.0. The minimum absolute atomic E-state index is 0.334. The molecule has 2 aliphatic heterocycles. The van der Waals surface area contributed by atoms with Gasteiger partial charge in [-0.15, -0.1) is 0 Å². The van der Waals surface area contributed by atoms with Crippen LogP contribution >= 0.6 is 0 Å². The van der Waals surface area contributed by atoms with Gasteiger partial charge in [0.2, 0.25) is 0 Å². The summed E-state index contributed by atoms with van der Waals surface area (Å²) in [6.07, 6.45) is 24.7. The molecule has 0 saturated heterocycles. The average molecular weight is 553 g/mol. The van der Waals surface area contributed by atoms with Crippen molar-refractivity contribution in [3.8, 4) is 0 Å². The van der Waals surface area contributed by atoms with Gasteiger partial charge in [0.15, 0.2) is 0 Å². The van der Waals surface area contributed by atoms with Crippen molar-refractivity contribution in [2.45, 2.75) is 135 Å². The summed E-state index contributed by atoms with van der Waals surface area (Å²) in [5, 5.41) is 8.01. The van der Waals surface area contributed by atoms with Gasteiger partial charge in [-0.1, -0.05) is 13.8 Å². The first-order chi connectivity index (χ1) is 19.8. The van der Waals surface area contributed by atoms with E-state index in [1.807, 2.05) is 0 Å². The van der Waals surface area contributed by atoms with E-state index in [-0.39, 0.29) is 0 Å². The lowest BCUT2D eigenvalue weighted by Crippen LogP contribution is -2.57. The Kier molecular flexibility index (Phi) is 6.28. The Bertz CT molecular complexity index is 1150. The van der Waals surface area contributed by atoms with Crippen molar-refractivity contribution in [1.29, 1.82) is 0 Å². The van der Waals surface area contributed by atoms with Gasteiger partial charge in [-0.05, 0) is 162 Å². The highest BCUT2D eigenvalue weighted by Crippen LogP contribution is 2.57. The van der Waals surface area contributed by atoms with Gasteiger partial charge in [-0.3, -0.25) is 9.98 Å². The molecule has 8 bridgehead atoms. The van der Waals surface area contributed by atoms with E-state index in [1.165, 1.54) is 122 Å². The molecule has 2 heterocycles. The van der Waals surface area contributed by atoms with Crippen LogP contribution in [0, 0.1) is 35.5 Å². The summed E-state index contributed by atoms with van der Waals surface area (Å²) in [6, 6.07) is 0. The molecular weight excluding hydrogens is 500 g/mol. The predicted octanol–water partition coefficient (Wildman–Crippen LogP) is 8.54. The lowest BCUT2D eigenvalue weighted by molar-refractivity contribution is -0.0132. The van der Waals surface area contributed by atoms with Crippen LogP contribution in [-0.4, -0.2) is 22.5 Å². The molecule has 0 spiro atoms. The molecule has 41 heavy (non-hydrogen) atoms. The van der Waals surface area contributed by atoms with E-state index in [0.29, 0.717) is 11.1 Å². The van der Waals surface area contributed by atoms with Crippen molar-refractivity contribution < 1.29 is 0 Å². The minimum atomic E-state index is 0.334. The van der Waals surface area contributed by atoms with Crippen molar-refractivity contribution in [2.24, 2.45) is 45.5 Å². The highest BCUT2D eigenvalue weighted by atomic mass is 15.0. The molecule has 0 radical (unpaired) electrons. The van der Waals surface area contributed by atoms with E-state index in [1.54, 1.807) is 0 Å². The average Bonchev–Trinajstić information content (AvgIpc) is 3.39. The smallest absolute Gasteiger partial charge is 0.0822 e. The molecule has 0 aromatic heterocycles. The molecule has 8 fully saturated rings. The summed E-state index contributed by atoms with van der Waals surface area (Å²) in [4.78, 5) is 10.6. The van der Waals surface area contributed by atoms with Crippen molar-refractivity contribution >= 4 is 11.4 Å². The van der Waals surface area contributed by atoms with Gasteiger partial charge >= 0.3 is 0 Å². The summed E-state index contributed by atoms with van der Waals surface area (Å²) >= 11 is 0. The molecule has 4 heteroatoms. The zero-order valence-electron chi connectivity index (χ0n) is 26.1. The van der Waals surface area contributed by atoms with E-state index < -0.39 is 0 Å². The molecule has 0 amide bonds. The highest BCUT2D eigenvalue weighted by molar-refractivity contribution is 6.20. The van der Waals surface area contributed by atoms with E-state index in [2.05, 4.69) is 50.7 Å². The number of hydrogen-bond acceptors (Lipinski definition) is 4. The van der Waals surface area contributed by atoms with Crippen LogP contribution in [0.2, 0.25) is 0 Å². The Morgan fingerprint density at radius 3 is 1.20 bits per heavy atom. The second kappa shape index (κ2) is 9.71. The largest absolute Gasteiger partial charge is 0.384 e. The Labute approximate surface area is 248 Å². The SMILES string of the molecule is CCC1=C(C)/C(=C\NC23CC4CC(CC(C4)C2)C3)N=C1CC1=N/C(=C/NC23CC4CC(CC(C4)C2)C3)C(C)=C1CC. The number of nitrogens with zero attached hydrogens (tertiary/aromatic N) is 2. The topological polar surface area (TPSA) is 48.8 Å². The first kappa shape index (κ1) is 26.5. The van der Waals surface area contributed by atoms with E-state index in [0.717, 1.165) is 54.8 Å².